The van der Waals surface area contributed by atoms with Crippen LogP contribution in [0.25, 0.3) is 0 Å². The molecule has 2 aromatic carbocycles. The molecule has 0 aromatic heterocycles. The minimum atomic E-state index is -1.59. The van der Waals surface area contributed by atoms with E-state index in [0.29, 0.717) is 16.8 Å². The number of ether oxygens (including phenoxy) is 1. The normalized spacial score (nSPS) is 10.1. The van der Waals surface area contributed by atoms with Crippen molar-refractivity contribution in [3.63, 3.8) is 0 Å². The monoisotopic (exact) mass is 270 g/mol. The molecule has 0 saturated heterocycles. The Kier molecular flexibility index (Phi) is 4.93. The van der Waals surface area contributed by atoms with E-state index in [1.54, 1.807) is 36.4 Å². The van der Waals surface area contributed by atoms with Crippen molar-refractivity contribution in [2.75, 3.05) is 6.61 Å². The van der Waals surface area contributed by atoms with Crippen LogP contribution in [-0.4, -0.2) is 29.6 Å². The summed E-state index contributed by atoms with van der Waals surface area (Å²) in [6.45, 7) is 0.192. The second-order valence-electron chi connectivity index (χ2n) is 4.30. The number of carbonyl (C=O) groups is 1. The molecule has 0 saturated carbocycles. The molecule has 102 valence electrons. The zero-order valence-corrected chi connectivity index (χ0v) is 10.9. The molecule has 0 amide bonds. The van der Waals surface area contributed by atoms with Crippen molar-refractivity contribution < 1.29 is 19.6 Å². The Labute approximate surface area is 117 Å². The van der Waals surface area contributed by atoms with Gasteiger partial charge in [-0.05, 0) is 6.07 Å². The number of hydrogen-bond donors (Lipinski definition) is 2. The third-order valence-corrected chi connectivity index (χ3v) is 2.88. The molecule has 0 aliphatic heterocycles. The number of hydrogen-bond acceptors (Lipinski definition) is 4. The van der Waals surface area contributed by atoms with Gasteiger partial charge in [0.05, 0.1) is 6.61 Å². The van der Waals surface area contributed by atoms with Crippen LogP contribution in [0.2, 0.25) is 0 Å². The smallest absolute Gasteiger partial charge is 0.492 e. The third-order valence-electron chi connectivity index (χ3n) is 2.88. The summed E-state index contributed by atoms with van der Waals surface area (Å²) in [5, 5.41) is 18.4. The third kappa shape index (κ3) is 3.69. The van der Waals surface area contributed by atoms with Crippen molar-refractivity contribution in [1.82, 2.24) is 0 Å². The number of Topliss-reactive ketones (excluding diaryl/α,β-unsaturated/α-hetero) is 1. The Morgan fingerprint density at radius 3 is 2.35 bits per heavy atom. The zero-order chi connectivity index (χ0) is 14.4. The Morgan fingerprint density at radius 2 is 1.65 bits per heavy atom. The van der Waals surface area contributed by atoms with Crippen molar-refractivity contribution in [2.24, 2.45) is 0 Å². The molecule has 0 unspecified atom stereocenters. The molecule has 0 heterocycles. The molecule has 20 heavy (non-hydrogen) atoms. The van der Waals surface area contributed by atoms with Gasteiger partial charge in [0.2, 0.25) is 0 Å². The first kappa shape index (κ1) is 14.3. The van der Waals surface area contributed by atoms with Crippen LogP contribution in [0.15, 0.2) is 54.6 Å². The number of benzene rings is 2. The highest BCUT2D eigenvalue weighted by Crippen LogP contribution is 2.09. The second kappa shape index (κ2) is 6.89. The number of ketones is 1. The molecule has 2 N–H and O–H groups in total. The maximum Gasteiger partial charge on any atom is 0.492 e. The molecule has 0 bridgehead atoms. The summed E-state index contributed by atoms with van der Waals surface area (Å²) in [5.41, 5.74) is 0.936. The van der Waals surface area contributed by atoms with Gasteiger partial charge in [0.15, 0.2) is 5.78 Å². The minimum Gasteiger partial charge on any atom is -0.493 e. The van der Waals surface area contributed by atoms with Crippen molar-refractivity contribution >= 4 is 18.4 Å². The lowest BCUT2D eigenvalue weighted by molar-refractivity contribution is 0.0962. The van der Waals surface area contributed by atoms with Gasteiger partial charge in [-0.25, -0.2) is 0 Å². The van der Waals surface area contributed by atoms with Gasteiger partial charge in [-0.15, -0.1) is 0 Å². The topological polar surface area (TPSA) is 66.8 Å². The van der Waals surface area contributed by atoms with Gasteiger partial charge >= 0.3 is 7.12 Å². The standard InChI is InChI=1S/C15H15BO4/c17-14(12-6-2-1-3-7-12)10-11-20-15-9-5-4-8-13(15)16(18)19/h1-9,18-19H,10-11H2. The predicted octanol–water partition coefficient (Wildman–Crippen LogP) is 1.02. The molecule has 0 radical (unpaired) electrons. The molecular formula is C15H15BO4. The van der Waals surface area contributed by atoms with Gasteiger partial charge in [-0.2, -0.15) is 0 Å². The molecule has 0 aliphatic rings. The molecule has 2 aromatic rings. The van der Waals surface area contributed by atoms with E-state index in [4.69, 9.17) is 4.74 Å². The summed E-state index contributed by atoms with van der Waals surface area (Å²) < 4.78 is 5.45. The molecule has 2 rings (SSSR count). The fraction of sp³-hybridized carbons (Fsp3) is 0.133. The van der Waals surface area contributed by atoms with Gasteiger partial charge in [0.25, 0.3) is 0 Å². The van der Waals surface area contributed by atoms with Crippen LogP contribution in [0.1, 0.15) is 16.8 Å². The van der Waals surface area contributed by atoms with E-state index in [9.17, 15) is 14.8 Å². The molecule has 0 atom stereocenters. The quantitative estimate of drug-likeness (QED) is 0.607. The molecular weight excluding hydrogens is 255 g/mol. The van der Waals surface area contributed by atoms with E-state index < -0.39 is 7.12 Å². The number of rotatable bonds is 6. The molecule has 5 heteroatoms. The van der Waals surface area contributed by atoms with Gasteiger partial charge in [0, 0.05) is 17.4 Å². The van der Waals surface area contributed by atoms with Gasteiger partial charge in [0.1, 0.15) is 5.75 Å². The number of para-hydroxylation sites is 1. The van der Waals surface area contributed by atoms with Crippen molar-refractivity contribution in [3.05, 3.63) is 60.2 Å². The SMILES string of the molecule is O=C(CCOc1ccccc1B(O)O)c1ccccc1. The highest BCUT2D eigenvalue weighted by molar-refractivity contribution is 6.59. The number of carbonyl (C=O) groups excluding carboxylic acids is 1. The second-order valence-corrected chi connectivity index (χ2v) is 4.30. The minimum absolute atomic E-state index is 0.00683. The van der Waals surface area contributed by atoms with Crippen LogP contribution >= 0.6 is 0 Å². The van der Waals surface area contributed by atoms with E-state index >= 15 is 0 Å². The summed E-state index contributed by atoms with van der Waals surface area (Å²) in [6.07, 6.45) is 0.236. The Balaban J connectivity index is 1.92. The van der Waals surface area contributed by atoms with E-state index in [1.165, 1.54) is 0 Å². The summed E-state index contributed by atoms with van der Waals surface area (Å²) >= 11 is 0. The first-order chi connectivity index (χ1) is 9.68. The van der Waals surface area contributed by atoms with Gasteiger partial charge in [-0.3, -0.25) is 4.79 Å². The maximum absolute atomic E-state index is 11.9. The zero-order valence-electron chi connectivity index (χ0n) is 10.9. The maximum atomic E-state index is 11.9. The summed E-state index contributed by atoms with van der Waals surface area (Å²) in [7, 11) is -1.59. The van der Waals surface area contributed by atoms with Gasteiger partial charge < -0.3 is 14.8 Å². The van der Waals surface area contributed by atoms with Crippen molar-refractivity contribution in [3.8, 4) is 5.75 Å². The van der Waals surface area contributed by atoms with Crippen molar-refractivity contribution in [1.29, 1.82) is 0 Å². The fourth-order valence-corrected chi connectivity index (χ4v) is 1.85. The first-order valence-corrected chi connectivity index (χ1v) is 6.34. The van der Waals surface area contributed by atoms with Crippen LogP contribution in [0.4, 0.5) is 0 Å². The summed E-state index contributed by atoms with van der Waals surface area (Å²) in [5.74, 6) is 0.371. The molecule has 4 nitrogen and oxygen atoms in total. The highest BCUT2D eigenvalue weighted by Gasteiger charge is 2.16. The predicted molar refractivity (Wildman–Crippen MR) is 77.2 cm³/mol. The van der Waals surface area contributed by atoms with E-state index in [0.717, 1.165) is 0 Å². The lowest BCUT2D eigenvalue weighted by Gasteiger charge is -2.10. The average Bonchev–Trinajstić information content (AvgIpc) is 2.48. The van der Waals surface area contributed by atoms with Crippen LogP contribution in [0.5, 0.6) is 5.75 Å². The summed E-state index contributed by atoms with van der Waals surface area (Å²) in [6, 6.07) is 15.6. The lowest BCUT2D eigenvalue weighted by Crippen LogP contribution is -2.31. The van der Waals surface area contributed by atoms with E-state index in [2.05, 4.69) is 0 Å². The van der Waals surface area contributed by atoms with Crippen LogP contribution in [0, 0.1) is 0 Å². The molecule has 0 aliphatic carbocycles. The van der Waals surface area contributed by atoms with E-state index in [1.807, 2.05) is 18.2 Å². The van der Waals surface area contributed by atoms with E-state index in [-0.39, 0.29) is 18.8 Å². The van der Waals surface area contributed by atoms with Gasteiger partial charge in [-0.1, -0.05) is 48.5 Å². The Morgan fingerprint density at radius 1 is 1.00 bits per heavy atom. The van der Waals surface area contributed by atoms with Crippen LogP contribution in [-0.2, 0) is 0 Å². The Hall–Kier alpha value is -2.11. The average molecular weight is 270 g/mol. The van der Waals surface area contributed by atoms with Crippen LogP contribution < -0.4 is 10.2 Å². The Bertz CT molecular complexity index is 569. The summed E-state index contributed by atoms with van der Waals surface area (Å²) in [4.78, 5) is 11.9. The highest BCUT2D eigenvalue weighted by atomic mass is 16.5. The van der Waals surface area contributed by atoms with Crippen LogP contribution in [0.3, 0.4) is 0 Å². The van der Waals surface area contributed by atoms with Crippen molar-refractivity contribution in [2.45, 2.75) is 6.42 Å². The largest absolute Gasteiger partial charge is 0.493 e. The lowest BCUT2D eigenvalue weighted by atomic mass is 9.79. The molecule has 0 spiro atoms. The first-order valence-electron chi connectivity index (χ1n) is 6.34. The fourth-order valence-electron chi connectivity index (χ4n) is 1.85. The molecule has 0 fully saturated rings.